The molecule has 3 nitrogen and oxygen atoms in total. The highest BCUT2D eigenvalue weighted by atomic mass is 28.4. The monoisotopic (exact) mass is 213 g/mol. The molecule has 0 aliphatic carbocycles. The van der Waals surface area contributed by atoms with Gasteiger partial charge in [0.1, 0.15) is 0 Å². The molecule has 0 aliphatic rings. The van der Waals surface area contributed by atoms with Gasteiger partial charge in [-0.25, -0.2) is 0 Å². The zero-order chi connectivity index (χ0) is 11.0. The minimum absolute atomic E-state index is 0.0823. The summed E-state index contributed by atoms with van der Waals surface area (Å²) >= 11 is 0. The molecule has 4 heteroatoms. The highest BCUT2D eigenvalue weighted by Gasteiger charge is 2.19. The highest BCUT2D eigenvalue weighted by Crippen LogP contribution is 2.08. The fourth-order valence-corrected chi connectivity index (χ4v) is 1.83. The molecule has 0 saturated carbocycles. The summed E-state index contributed by atoms with van der Waals surface area (Å²) in [5, 5.41) is 8.29. The fraction of sp³-hybridized carbons (Fsp3) is 0.800. The second-order valence-corrected chi connectivity index (χ2v) is 8.73. The summed E-state index contributed by atoms with van der Waals surface area (Å²) in [6.07, 6.45) is 3.74. The Morgan fingerprint density at radius 1 is 1.29 bits per heavy atom. The number of hydrogen-bond acceptors (Lipinski definition) is 3. The summed E-state index contributed by atoms with van der Waals surface area (Å²) in [6.45, 7) is 6.00. The van der Waals surface area contributed by atoms with Crippen LogP contribution in [0.5, 0.6) is 0 Å². The lowest BCUT2D eigenvalue weighted by molar-refractivity contribution is -0.135. The van der Waals surface area contributed by atoms with E-state index in [9.17, 15) is 4.79 Å². The lowest BCUT2D eigenvalue weighted by Crippen LogP contribution is -2.28. The van der Waals surface area contributed by atoms with Crippen LogP contribution in [-0.4, -0.2) is 14.3 Å². The van der Waals surface area contributed by atoms with E-state index >= 15 is 0 Å². The number of unbranched alkanes of at least 4 members (excludes halogenated alkanes) is 3. The Morgan fingerprint density at radius 3 is 2.43 bits per heavy atom. The van der Waals surface area contributed by atoms with Crippen molar-refractivity contribution in [1.82, 2.24) is 0 Å². The number of carbonyl (C=O) groups excluding carboxylic acids is 1. The summed E-state index contributed by atoms with van der Waals surface area (Å²) in [6, 6.07) is 2.08. The van der Waals surface area contributed by atoms with Crippen LogP contribution in [0.25, 0.3) is 0 Å². The average molecular weight is 213 g/mol. The summed E-state index contributed by atoms with van der Waals surface area (Å²) in [4.78, 5) is 11.2. The first-order valence-electron chi connectivity index (χ1n) is 5.04. The smallest absolute Gasteiger partial charge is 0.292 e. The van der Waals surface area contributed by atoms with Crippen molar-refractivity contribution in [1.29, 1.82) is 5.26 Å². The minimum atomic E-state index is -1.70. The first kappa shape index (κ1) is 13.2. The molecule has 0 aliphatic heterocycles. The van der Waals surface area contributed by atoms with Gasteiger partial charge < -0.3 is 4.43 Å². The molecule has 0 heterocycles. The van der Waals surface area contributed by atoms with Gasteiger partial charge in [-0.05, 0) is 32.5 Å². The van der Waals surface area contributed by atoms with E-state index in [0.29, 0.717) is 12.8 Å². The van der Waals surface area contributed by atoms with Crippen LogP contribution in [0, 0.1) is 11.3 Å². The van der Waals surface area contributed by atoms with E-state index in [2.05, 4.69) is 6.07 Å². The summed E-state index contributed by atoms with van der Waals surface area (Å²) in [5.41, 5.74) is 0. The third kappa shape index (κ3) is 9.27. The van der Waals surface area contributed by atoms with E-state index in [1.165, 1.54) is 0 Å². The quantitative estimate of drug-likeness (QED) is 0.503. The van der Waals surface area contributed by atoms with E-state index in [0.717, 1.165) is 19.3 Å². The van der Waals surface area contributed by atoms with Gasteiger partial charge in [0.2, 0.25) is 8.32 Å². The number of carbonyl (C=O) groups is 1. The number of nitrogens with zero attached hydrogens (tertiary/aromatic N) is 1. The lowest BCUT2D eigenvalue weighted by atomic mass is 10.1. The van der Waals surface area contributed by atoms with E-state index in [1.54, 1.807) is 0 Å². The molecule has 0 rings (SSSR count). The largest absolute Gasteiger partial charge is 0.520 e. The molecule has 0 N–H and O–H groups in total. The van der Waals surface area contributed by atoms with Crippen molar-refractivity contribution >= 4 is 14.3 Å². The Labute approximate surface area is 87.2 Å². The number of nitriles is 1. The van der Waals surface area contributed by atoms with Crippen molar-refractivity contribution in [2.75, 3.05) is 0 Å². The Kier molecular flexibility index (Phi) is 6.22. The van der Waals surface area contributed by atoms with E-state index in [4.69, 9.17) is 9.69 Å². The molecule has 0 aromatic carbocycles. The molecule has 80 valence electrons. The number of hydrogen-bond donors (Lipinski definition) is 0. The average Bonchev–Trinajstić information content (AvgIpc) is 2.00. The van der Waals surface area contributed by atoms with Crippen LogP contribution in [0.2, 0.25) is 19.6 Å². The molecule has 0 radical (unpaired) electrons. The van der Waals surface area contributed by atoms with Crippen molar-refractivity contribution in [2.24, 2.45) is 0 Å². The minimum Gasteiger partial charge on any atom is -0.520 e. The van der Waals surface area contributed by atoms with Gasteiger partial charge in [-0.15, -0.1) is 0 Å². The van der Waals surface area contributed by atoms with Gasteiger partial charge in [0.05, 0.1) is 6.07 Å². The predicted molar refractivity (Wildman–Crippen MR) is 58.1 cm³/mol. The molecule has 14 heavy (non-hydrogen) atoms. The third-order valence-electron chi connectivity index (χ3n) is 1.59. The van der Waals surface area contributed by atoms with Gasteiger partial charge >= 0.3 is 0 Å². The Bertz CT molecular complexity index is 215. The molecule has 0 unspecified atom stereocenters. The first-order valence-corrected chi connectivity index (χ1v) is 8.45. The predicted octanol–water partition coefficient (Wildman–Crippen LogP) is 2.84. The zero-order valence-corrected chi connectivity index (χ0v) is 10.3. The molecule has 0 fully saturated rings. The summed E-state index contributed by atoms with van der Waals surface area (Å²) in [5.74, 6) is -0.0823. The second kappa shape index (κ2) is 6.60. The first-order chi connectivity index (χ1) is 6.45. The van der Waals surface area contributed by atoms with Crippen LogP contribution < -0.4 is 0 Å². The molecule has 0 amide bonds. The van der Waals surface area contributed by atoms with E-state index < -0.39 is 8.32 Å². The van der Waals surface area contributed by atoms with Crippen molar-refractivity contribution < 1.29 is 9.22 Å². The molecule has 0 aromatic rings. The van der Waals surface area contributed by atoms with Gasteiger partial charge in [0.15, 0.2) is 0 Å². The maximum Gasteiger partial charge on any atom is 0.292 e. The zero-order valence-electron chi connectivity index (χ0n) is 9.30. The highest BCUT2D eigenvalue weighted by molar-refractivity contribution is 6.71. The Balaban J connectivity index is 3.42. The van der Waals surface area contributed by atoms with Crippen LogP contribution in [0.15, 0.2) is 0 Å². The second-order valence-electron chi connectivity index (χ2n) is 4.31. The Hall–Kier alpha value is -0.823. The van der Waals surface area contributed by atoms with Crippen LogP contribution in [0.3, 0.4) is 0 Å². The van der Waals surface area contributed by atoms with Crippen molar-refractivity contribution in [3.63, 3.8) is 0 Å². The molecular formula is C10H19NO2Si. The maximum atomic E-state index is 11.2. The molecule has 0 aromatic heterocycles. The molecule has 0 bridgehead atoms. The summed E-state index contributed by atoms with van der Waals surface area (Å²) in [7, 11) is -1.70. The normalized spacial score (nSPS) is 10.7. The topological polar surface area (TPSA) is 50.1 Å². The maximum absolute atomic E-state index is 11.2. The lowest BCUT2D eigenvalue weighted by Gasteiger charge is -2.16. The van der Waals surface area contributed by atoms with Gasteiger partial charge in [-0.1, -0.05) is 6.42 Å². The molecule has 0 spiro atoms. The van der Waals surface area contributed by atoms with Crippen molar-refractivity contribution in [2.45, 2.75) is 51.7 Å². The SMILES string of the molecule is C[Si](C)(C)OC(=O)CCCCCC#N. The van der Waals surface area contributed by atoms with Gasteiger partial charge in [-0.2, -0.15) is 5.26 Å². The third-order valence-corrected chi connectivity index (χ3v) is 2.43. The number of rotatable bonds is 6. The molecule has 0 saturated heterocycles. The van der Waals surface area contributed by atoms with Gasteiger partial charge in [0, 0.05) is 12.8 Å². The van der Waals surface area contributed by atoms with Crippen molar-refractivity contribution in [3.05, 3.63) is 0 Å². The van der Waals surface area contributed by atoms with Crippen molar-refractivity contribution in [3.8, 4) is 6.07 Å². The van der Waals surface area contributed by atoms with E-state index in [1.807, 2.05) is 19.6 Å². The standard InChI is InChI=1S/C10H19NO2Si/c1-14(2,3)13-10(12)8-6-4-5-7-9-11/h4-8H2,1-3H3. The van der Waals surface area contributed by atoms with Crippen LogP contribution in [-0.2, 0) is 9.22 Å². The molecular weight excluding hydrogens is 194 g/mol. The van der Waals surface area contributed by atoms with Crippen LogP contribution in [0.1, 0.15) is 32.1 Å². The van der Waals surface area contributed by atoms with Crippen LogP contribution >= 0.6 is 0 Å². The van der Waals surface area contributed by atoms with Gasteiger partial charge in [-0.3, -0.25) is 4.79 Å². The fourth-order valence-electron chi connectivity index (χ4n) is 1.04. The van der Waals surface area contributed by atoms with Crippen LogP contribution in [0.4, 0.5) is 0 Å². The van der Waals surface area contributed by atoms with E-state index in [-0.39, 0.29) is 5.97 Å². The van der Waals surface area contributed by atoms with Gasteiger partial charge in [0.25, 0.3) is 5.97 Å². The molecule has 0 atom stereocenters. The summed E-state index contributed by atoms with van der Waals surface area (Å²) < 4.78 is 5.28. The Morgan fingerprint density at radius 2 is 1.93 bits per heavy atom.